The smallest absolute Gasteiger partial charge is 0.0843 e. The molecule has 3 N–H and O–H groups in total. The van der Waals surface area contributed by atoms with Crippen LogP contribution >= 0.6 is 43.2 Å². The Morgan fingerprint density at radius 2 is 2.33 bits per heavy atom. The second-order valence-electron chi connectivity index (χ2n) is 3.30. The number of halogens is 2. The highest BCUT2D eigenvalue weighted by atomic mass is 79.9. The molecule has 1 aromatic rings. The van der Waals surface area contributed by atoms with Crippen LogP contribution in [-0.2, 0) is 0 Å². The van der Waals surface area contributed by atoms with E-state index in [2.05, 4.69) is 56.9 Å². The van der Waals surface area contributed by atoms with Crippen LogP contribution in [-0.4, -0.2) is 0 Å². The van der Waals surface area contributed by atoms with Gasteiger partial charge in [-0.1, -0.05) is 19.1 Å². The molecule has 1 heterocycles. The molecule has 0 bridgehead atoms. The van der Waals surface area contributed by atoms with E-state index in [9.17, 15) is 0 Å². The lowest BCUT2D eigenvalue weighted by Crippen LogP contribution is -2.27. The normalized spacial score (nSPS) is 12.8. The van der Waals surface area contributed by atoms with Gasteiger partial charge in [-0.2, -0.15) is 0 Å². The molecule has 0 radical (unpaired) electrons. The molecule has 84 valence electrons. The summed E-state index contributed by atoms with van der Waals surface area (Å²) in [4.78, 5) is 1.21. The molecule has 1 aromatic heterocycles. The average Bonchev–Trinajstić information content (AvgIpc) is 2.55. The number of hydrogen-bond donors (Lipinski definition) is 2. The Morgan fingerprint density at radius 1 is 1.67 bits per heavy atom. The Labute approximate surface area is 111 Å². The van der Waals surface area contributed by atoms with E-state index < -0.39 is 0 Å². The molecule has 0 aliphatic carbocycles. The van der Waals surface area contributed by atoms with Gasteiger partial charge in [0.2, 0.25) is 0 Å². The molecule has 0 aliphatic rings. The first kappa shape index (κ1) is 13.4. The number of hydrogen-bond acceptors (Lipinski definition) is 3. The monoisotopic (exact) mass is 352 g/mol. The average molecular weight is 354 g/mol. The lowest BCUT2D eigenvalue weighted by molar-refractivity contribution is 0.553. The first-order chi connectivity index (χ1) is 7.08. The molecule has 0 saturated carbocycles. The Hall–Kier alpha value is 0.320. The topological polar surface area (TPSA) is 38.0 Å². The van der Waals surface area contributed by atoms with E-state index in [0.717, 1.165) is 21.1 Å². The maximum Gasteiger partial charge on any atom is 0.0843 e. The van der Waals surface area contributed by atoms with Crippen molar-refractivity contribution in [2.24, 2.45) is 5.84 Å². The largest absolute Gasteiger partial charge is 0.271 e. The van der Waals surface area contributed by atoms with Crippen molar-refractivity contribution in [2.45, 2.75) is 25.8 Å². The van der Waals surface area contributed by atoms with Crippen LogP contribution in [0.25, 0.3) is 0 Å². The summed E-state index contributed by atoms with van der Waals surface area (Å²) >= 11 is 8.63. The van der Waals surface area contributed by atoms with Gasteiger partial charge in [-0.05, 0) is 50.8 Å². The second-order valence-corrected chi connectivity index (χ2v) is 6.55. The molecule has 1 rings (SSSR count). The van der Waals surface area contributed by atoms with Gasteiger partial charge >= 0.3 is 0 Å². The molecule has 1 unspecified atom stereocenters. The van der Waals surface area contributed by atoms with Crippen molar-refractivity contribution >= 4 is 43.2 Å². The van der Waals surface area contributed by atoms with Crippen molar-refractivity contribution < 1.29 is 0 Å². The van der Waals surface area contributed by atoms with Gasteiger partial charge in [0.1, 0.15) is 0 Å². The quantitative estimate of drug-likeness (QED) is 0.474. The van der Waals surface area contributed by atoms with Crippen molar-refractivity contribution in [1.29, 1.82) is 0 Å². The molecule has 0 aromatic carbocycles. The number of nitrogens with two attached hydrogens (primary N) is 1. The minimum Gasteiger partial charge on any atom is -0.271 e. The zero-order valence-electron chi connectivity index (χ0n) is 8.52. The molecule has 2 nitrogen and oxygen atoms in total. The van der Waals surface area contributed by atoms with Crippen LogP contribution in [0.5, 0.6) is 0 Å². The van der Waals surface area contributed by atoms with Crippen LogP contribution < -0.4 is 11.3 Å². The van der Waals surface area contributed by atoms with Gasteiger partial charge in [-0.15, -0.1) is 11.3 Å². The highest BCUT2D eigenvalue weighted by Crippen LogP contribution is 2.37. The zero-order valence-corrected chi connectivity index (χ0v) is 12.5. The van der Waals surface area contributed by atoms with E-state index in [0.29, 0.717) is 0 Å². The number of rotatable bonds is 5. The van der Waals surface area contributed by atoms with Gasteiger partial charge in [0, 0.05) is 9.35 Å². The third-order valence-electron chi connectivity index (χ3n) is 2.20. The summed E-state index contributed by atoms with van der Waals surface area (Å²) in [6, 6.07) is 2.24. The third kappa shape index (κ3) is 3.67. The van der Waals surface area contributed by atoms with Crippen LogP contribution in [0, 0.1) is 0 Å². The Morgan fingerprint density at radius 3 is 2.73 bits per heavy atom. The van der Waals surface area contributed by atoms with Gasteiger partial charge in [0.25, 0.3) is 0 Å². The van der Waals surface area contributed by atoms with E-state index >= 15 is 0 Å². The SMILES string of the molecule is C=C(CC)CC(NN)c1cc(Br)c(Br)s1. The summed E-state index contributed by atoms with van der Waals surface area (Å²) in [6.07, 6.45) is 1.87. The Bertz CT molecular complexity index is 330. The van der Waals surface area contributed by atoms with Crippen LogP contribution in [0.3, 0.4) is 0 Å². The molecule has 0 amide bonds. The fraction of sp³-hybridized carbons (Fsp3) is 0.400. The second kappa shape index (κ2) is 6.15. The number of hydrazine groups is 1. The van der Waals surface area contributed by atoms with E-state index in [-0.39, 0.29) is 6.04 Å². The third-order valence-corrected chi connectivity index (χ3v) is 5.57. The molecule has 0 spiro atoms. The van der Waals surface area contributed by atoms with E-state index in [1.807, 2.05) is 0 Å². The van der Waals surface area contributed by atoms with Crippen LogP contribution in [0.2, 0.25) is 0 Å². The molecule has 15 heavy (non-hydrogen) atoms. The molecule has 0 saturated heterocycles. The van der Waals surface area contributed by atoms with Crippen molar-refractivity contribution in [3.63, 3.8) is 0 Å². The lowest BCUT2D eigenvalue weighted by Gasteiger charge is -2.14. The van der Waals surface area contributed by atoms with Crippen molar-refractivity contribution in [2.75, 3.05) is 0 Å². The molecule has 0 aliphatic heterocycles. The summed E-state index contributed by atoms with van der Waals surface area (Å²) in [5, 5.41) is 0. The van der Waals surface area contributed by atoms with Gasteiger partial charge in [-0.3, -0.25) is 11.3 Å². The van der Waals surface area contributed by atoms with Gasteiger partial charge in [-0.25, -0.2) is 0 Å². The summed E-state index contributed by atoms with van der Waals surface area (Å²) in [6.45, 7) is 6.11. The summed E-state index contributed by atoms with van der Waals surface area (Å²) < 4.78 is 2.17. The minimum atomic E-state index is 0.157. The fourth-order valence-electron chi connectivity index (χ4n) is 1.21. The molecule has 5 heteroatoms. The van der Waals surface area contributed by atoms with Crippen LogP contribution in [0.1, 0.15) is 30.7 Å². The van der Waals surface area contributed by atoms with E-state index in [4.69, 9.17) is 5.84 Å². The van der Waals surface area contributed by atoms with Gasteiger partial charge in [0.15, 0.2) is 0 Å². The first-order valence-corrected chi connectivity index (χ1v) is 7.06. The molecular formula is C10H14Br2N2S. The maximum atomic E-state index is 5.55. The number of thiophene rings is 1. The highest BCUT2D eigenvalue weighted by Gasteiger charge is 2.14. The summed E-state index contributed by atoms with van der Waals surface area (Å²) in [5.41, 5.74) is 4.04. The van der Waals surface area contributed by atoms with Crippen molar-refractivity contribution in [1.82, 2.24) is 5.43 Å². The Kier molecular flexibility index (Phi) is 5.49. The summed E-state index contributed by atoms with van der Waals surface area (Å²) in [7, 11) is 0. The maximum absolute atomic E-state index is 5.55. The van der Waals surface area contributed by atoms with Gasteiger partial charge < -0.3 is 0 Å². The Balaban J connectivity index is 2.78. The van der Waals surface area contributed by atoms with Crippen molar-refractivity contribution in [3.8, 4) is 0 Å². The van der Waals surface area contributed by atoms with Crippen LogP contribution in [0.4, 0.5) is 0 Å². The predicted molar refractivity (Wildman–Crippen MR) is 73.8 cm³/mol. The lowest BCUT2D eigenvalue weighted by atomic mass is 10.1. The minimum absolute atomic E-state index is 0.157. The van der Waals surface area contributed by atoms with E-state index in [1.165, 1.54) is 10.5 Å². The van der Waals surface area contributed by atoms with Crippen LogP contribution in [0.15, 0.2) is 26.5 Å². The fourth-order valence-corrected chi connectivity index (χ4v) is 3.36. The standard InChI is InChI=1S/C10H14Br2N2S/c1-3-6(2)4-8(14-13)9-5-7(11)10(12)15-9/h5,8,14H,2-4,13H2,1H3. The predicted octanol–water partition coefficient (Wildman–Crippen LogP) is 4.13. The first-order valence-electron chi connectivity index (χ1n) is 4.66. The zero-order chi connectivity index (χ0) is 11.4. The molecule has 0 fully saturated rings. The van der Waals surface area contributed by atoms with Gasteiger partial charge in [0.05, 0.1) is 9.83 Å². The van der Waals surface area contributed by atoms with E-state index in [1.54, 1.807) is 11.3 Å². The van der Waals surface area contributed by atoms with Crippen molar-refractivity contribution in [3.05, 3.63) is 31.4 Å². The highest BCUT2D eigenvalue weighted by molar-refractivity contribution is 9.13. The number of nitrogens with one attached hydrogen (secondary N) is 1. The molecule has 1 atom stereocenters. The summed E-state index contributed by atoms with van der Waals surface area (Å²) in [5.74, 6) is 5.55. The molecular weight excluding hydrogens is 340 g/mol.